The molecule has 0 aliphatic rings. The Morgan fingerprint density at radius 3 is 1.41 bits per heavy atom. The van der Waals surface area contributed by atoms with Crippen molar-refractivity contribution in [1.29, 1.82) is 0 Å². The maximum absolute atomic E-state index is 5.40. The van der Waals surface area contributed by atoms with Gasteiger partial charge in [-0.15, -0.1) is 34.0 Å². The van der Waals surface area contributed by atoms with Gasteiger partial charge in [0.05, 0.1) is 15.9 Å². The molecule has 2 nitrogen and oxygen atoms in total. The zero-order valence-electron chi connectivity index (χ0n) is 27.1. The Morgan fingerprint density at radius 1 is 0.333 bits per heavy atom. The van der Waals surface area contributed by atoms with Crippen molar-refractivity contribution < 1.29 is 0 Å². The largest absolute Gasteiger partial charge is 0.226 e. The zero-order valence-corrected chi connectivity index (χ0v) is 29.6. The molecule has 0 radical (unpaired) electrons. The fourth-order valence-corrected chi connectivity index (χ4v) is 11.2. The van der Waals surface area contributed by atoms with Crippen molar-refractivity contribution in [1.82, 2.24) is 9.97 Å². The first-order chi connectivity index (χ1) is 25.3. The van der Waals surface area contributed by atoms with Crippen LogP contribution in [-0.4, -0.2) is 9.97 Å². The van der Waals surface area contributed by atoms with Gasteiger partial charge in [-0.05, 0) is 58.7 Å². The molecule has 11 rings (SSSR count). The van der Waals surface area contributed by atoms with Crippen molar-refractivity contribution in [2.24, 2.45) is 0 Å². The molecule has 0 atom stereocenters. The van der Waals surface area contributed by atoms with Crippen LogP contribution in [0, 0.1) is 0 Å². The third-order valence-electron chi connectivity index (χ3n) is 9.89. The van der Waals surface area contributed by atoms with Crippen molar-refractivity contribution >= 4 is 94.7 Å². The van der Waals surface area contributed by atoms with E-state index in [1.54, 1.807) is 11.3 Å². The average Bonchev–Trinajstić information content (AvgIpc) is 3.89. The van der Waals surface area contributed by atoms with E-state index in [0.717, 1.165) is 44.0 Å². The monoisotopic (exact) mass is 702 g/mol. The molecular weight excluding hydrogens is 677 g/mol. The van der Waals surface area contributed by atoms with Crippen LogP contribution in [0.4, 0.5) is 0 Å². The standard InChI is InChI=1S/C46H26N2S3/c1-2-12-27(13-3-1)41-45-42(37-16-6-9-23-40(37)51-45)48-46(47-41)30-25-28(31-17-10-19-35-33-14-4-7-21-38(33)49-43(31)35)24-29(26-30)32-18-11-20-36-34-15-5-8-22-39(34)50-44(32)36/h1-26H. The fraction of sp³-hybridized carbons (Fsp3) is 0. The van der Waals surface area contributed by atoms with Gasteiger partial charge in [-0.1, -0.05) is 121 Å². The summed E-state index contributed by atoms with van der Waals surface area (Å²) in [6.07, 6.45) is 0. The maximum atomic E-state index is 5.40. The van der Waals surface area contributed by atoms with Crippen LogP contribution < -0.4 is 0 Å². The van der Waals surface area contributed by atoms with E-state index < -0.39 is 0 Å². The first-order valence-electron chi connectivity index (χ1n) is 17.0. The van der Waals surface area contributed by atoms with Crippen LogP contribution in [0.5, 0.6) is 0 Å². The molecule has 0 saturated carbocycles. The summed E-state index contributed by atoms with van der Waals surface area (Å²) in [6, 6.07) is 57.0. The summed E-state index contributed by atoms with van der Waals surface area (Å²) < 4.78 is 7.54. The number of fused-ring (bicyclic) bond motifs is 9. The molecule has 0 saturated heterocycles. The van der Waals surface area contributed by atoms with Crippen LogP contribution in [0.3, 0.4) is 0 Å². The van der Waals surface area contributed by atoms with E-state index in [9.17, 15) is 0 Å². The first-order valence-corrected chi connectivity index (χ1v) is 19.4. The Bertz CT molecular complexity index is 3020. The topological polar surface area (TPSA) is 25.8 Å². The van der Waals surface area contributed by atoms with Gasteiger partial charge in [-0.25, -0.2) is 9.97 Å². The number of rotatable bonds is 4. The second-order valence-electron chi connectivity index (χ2n) is 12.9. The van der Waals surface area contributed by atoms with Gasteiger partial charge < -0.3 is 0 Å². The van der Waals surface area contributed by atoms with E-state index in [-0.39, 0.29) is 0 Å². The lowest BCUT2D eigenvalue weighted by Gasteiger charge is -2.13. The summed E-state index contributed by atoms with van der Waals surface area (Å²) in [5.41, 5.74) is 8.87. The quantitative estimate of drug-likeness (QED) is 0.182. The normalized spacial score (nSPS) is 11.9. The smallest absolute Gasteiger partial charge is 0.160 e. The number of hydrogen-bond acceptors (Lipinski definition) is 5. The minimum atomic E-state index is 0.736. The molecule has 0 spiro atoms. The molecule has 0 aliphatic heterocycles. The van der Waals surface area contributed by atoms with Gasteiger partial charge in [0.2, 0.25) is 0 Å². The number of nitrogens with zero attached hydrogens (tertiary/aromatic N) is 2. The van der Waals surface area contributed by atoms with Crippen molar-refractivity contribution in [2.45, 2.75) is 0 Å². The molecule has 5 heteroatoms. The SMILES string of the molecule is c1ccc(-c2nc(-c3cc(-c4cccc5c4sc4ccccc45)cc(-c4cccc5c4sc4ccccc45)c3)nc3c2sc2ccccc23)cc1. The van der Waals surface area contributed by atoms with Crippen LogP contribution in [-0.2, 0) is 0 Å². The van der Waals surface area contributed by atoms with Crippen LogP contribution in [0.15, 0.2) is 158 Å². The van der Waals surface area contributed by atoms with Gasteiger partial charge in [0.15, 0.2) is 5.82 Å². The molecule has 4 aromatic heterocycles. The minimum Gasteiger partial charge on any atom is -0.226 e. The van der Waals surface area contributed by atoms with Crippen LogP contribution >= 0.6 is 34.0 Å². The highest BCUT2D eigenvalue weighted by Crippen LogP contribution is 2.45. The summed E-state index contributed by atoms with van der Waals surface area (Å²) >= 11 is 5.51. The van der Waals surface area contributed by atoms with Gasteiger partial charge in [0.1, 0.15) is 0 Å². The Labute approximate surface area is 305 Å². The van der Waals surface area contributed by atoms with E-state index in [4.69, 9.17) is 9.97 Å². The van der Waals surface area contributed by atoms with Gasteiger partial charge in [-0.3, -0.25) is 0 Å². The van der Waals surface area contributed by atoms with Crippen LogP contribution in [0.1, 0.15) is 0 Å². The fourth-order valence-electron chi connectivity index (χ4n) is 7.53. The third kappa shape index (κ3) is 4.59. The Kier molecular flexibility index (Phi) is 6.50. The predicted octanol–water partition coefficient (Wildman–Crippen LogP) is 14.2. The Morgan fingerprint density at radius 2 is 0.804 bits per heavy atom. The summed E-state index contributed by atoms with van der Waals surface area (Å²) in [6.45, 7) is 0. The summed E-state index contributed by atoms with van der Waals surface area (Å²) in [4.78, 5) is 10.8. The molecule has 4 heterocycles. The average molecular weight is 703 g/mol. The second-order valence-corrected chi connectivity index (χ2v) is 16.1. The first kappa shape index (κ1) is 29.1. The van der Waals surface area contributed by atoms with Crippen molar-refractivity contribution in [3.8, 4) is 44.9 Å². The summed E-state index contributed by atoms with van der Waals surface area (Å²) in [5, 5.41) is 6.36. The zero-order chi connectivity index (χ0) is 33.5. The number of thiophene rings is 3. The van der Waals surface area contributed by atoms with Crippen molar-refractivity contribution in [3.05, 3.63) is 158 Å². The lowest BCUT2D eigenvalue weighted by atomic mass is 9.94. The highest BCUT2D eigenvalue weighted by atomic mass is 32.1. The molecule has 11 aromatic rings. The molecule has 0 aliphatic carbocycles. The molecule has 0 N–H and O–H groups in total. The minimum absolute atomic E-state index is 0.736. The lowest BCUT2D eigenvalue weighted by molar-refractivity contribution is 1.24. The second kappa shape index (κ2) is 11.4. The highest BCUT2D eigenvalue weighted by Gasteiger charge is 2.20. The molecule has 0 fully saturated rings. The van der Waals surface area contributed by atoms with Crippen LogP contribution in [0.2, 0.25) is 0 Å². The van der Waals surface area contributed by atoms with E-state index in [2.05, 4.69) is 158 Å². The summed E-state index contributed by atoms with van der Waals surface area (Å²) in [7, 11) is 0. The molecular formula is C46H26N2S3. The Hall–Kier alpha value is -5.72. The molecule has 0 amide bonds. The van der Waals surface area contributed by atoms with Gasteiger partial charge in [-0.2, -0.15) is 0 Å². The summed E-state index contributed by atoms with van der Waals surface area (Å²) in [5.74, 6) is 0.736. The van der Waals surface area contributed by atoms with Crippen molar-refractivity contribution in [3.63, 3.8) is 0 Å². The molecule has 0 bridgehead atoms. The highest BCUT2D eigenvalue weighted by molar-refractivity contribution is 7.27. The number of aromatic nitrogens is 2. The molecule has 51 heavy (non-hydrogen) atoms. The van der Waals surface area contributed by atoms with Gasteiger partial charge in [0, 0.05) is 61.6 Å². The number of hydrogen-bond donors (Lipinski definition) is 0. The van der Waals surface area contributed by atoms with E-state index >= 15 is 0 Å². The predicted molar refractivity (Wildman–Crippen MR) is 222 cm³/mol. The van der Waals surface area contributed by atoms with Crippen molar-refractivity contribution in [2.75, 3.05) is 0 Å². The van der Waals surface area contributed by atoms with E-state index in [0.29, 0.717) is 0 Å². The molecule has 7 aromatic carbocycles. The lowest BCUT2D eigenvalue weighted by Crippen LogP contribution is -1.95. The van der Waals surface area contributed by atoms with E-state index in [1.165, 1.54) is 61.6 Å². The Balaban J connectivity index is 1.23. The molecule has 0 unspecified atom stereocenters. The molecule has 238 valence electrons. The van der Waals surface area contributed by atoms with E-state index in [1.807, 2.05) is 22.7 Å². The van der Waals surface area contributed by atoms with Crippen LogP contribution in [0.25, 0.3) is 106 Å². The van der Waals surface area contributed by atoms with Gasteiger partial charge >= 0.3 is 0 Å². The maximum Gasteiger partial charge on any atom is 0.160 e. The number of benzene rings is 7. The third-order valence-corrected chi connectivity index (χ3v) is 13.5. The van der Waals surface area contributed by atoms with Gasteiger partial charge in [0.25, 0.3) is 0 Å².